The first kappa shape index (κ1) is 10.5. The monoisotopic (exact) mass is 198 g/mol. The molecule has 1 aromatic carbocycles. The van der Waals surface area contributed by atoms with Crippen LogP contribution in [0.5, 0.6) is 5.75 Å². The van der Waals surface area contributed by atoms with Crippen molar-refractivity contribution in [2.75, 3.05) is 13.7 Å². The lowest BCUT2D eigenvalue weighted by molar-refractivity contribution is 0.0595. The summed E-state index contributed by atoms with van der Waals surface area (Å²) in [6.07, 6.45) is 0. The maximum Gasteiger partial charge on any atom is 0.341 e. The molecule has 1 rings (SSSR count). The summed E-state index contributed by atoms with van der Waals surface area (Å²) < 4.78 is 22.7. The van der Waals surface area contributed by atoms with Crippen LogP contribution in [-0.2, 0) is 4.74 Å². The molecule has 0 N–H and O–H groups in total. The van der Waals surface area contributed by atoms with Gasteiger partial charge < -0.3 is 9.47 Å². The zero-order chi connectivity index (χ0) is 10.6. The summed E-state index contributed by atoms with van der Waals surface area (Å²) in [6, 6.07) is 4.13. The standard InChI is InChI=1S/C10H11FO3/c1-3-14-9-7(10(12)13-2)5-4-6-8(9)11/h4-6H,3H2,1-2H3. The topological polar surface area (TPSA) is 35.5 Å². The fourth-order valence-corrected chi connectivity index (χ4v) is 1.07. The number of carbonyl (C=O) groups excluding carboxylic acids is 1. The van der Waals surface area contributed by atoms with E-state index in [9.17, 15) is 9.18 Å². The van der Waals surface area contributed by atoms with Crippen LogP contribution in [-0.4, -0.2) is 19.7 Å². The summed E-state index contributed by atoms with van der Waals surface area (Å²) in [5.41, 5.74) is 0.106. The van der Waals surface area contributed by atoms with E-state index in [1.807, 2.05) is 0 Å². The third-order valence-corrected chi connectivity index (χ3v) is 1.66. The summed E-state index contributed by atoms with van der Waals surface area (Å²) >= 11 is 0. The molecule has 0 aliphatic carbocycles. The molecule has 0 bridgehead atoms. The van der Waals surface area contributed by atoms with Gasteiger partial charge in [0.25, 0.3) is 0 Å². The highest BCUT2D eigenvalue weighted by molar-refractivity contribution is 5.92. The Balaban J connectivity index is 3.13. The Hall–Kier alpha value is -1.58. The highest BCUT2D eigenvalue weighted by atomic mass is 19.1. The zero-order valence-electron chi connectivity index (χ0n) is 8.04. The molecule has 76 valence electrons. The van der Waals surface area contributed by atoms with Gasteiger partial charge in [0.2, 0.25) is 0 Å². The molecule has 0 amide bonds. The second kappa shape index (κ2) is 4.60. The van der Waals surface area contributed by atoms with Gasteiger partial charge in [-0.1, -0.05) is 6.07 Å². The predicted octanol–water partition coefficient (Wildman–Crippen LogP) is 2.01. The number of para-hydroxylation sites is 1. The van der Waals surface area contributed by atoms with Crippen molar-refractivity contribution >= 4 is 5.97 Å². The van der Waals surface area contributed by atoms with Gasteiger partial charge in [-0.15, -0.1) is 0 Å². The summed E-state index contributed by atoms with van der Waals surface area (Å²) in [6.45, 7) is 2.01. The Morgan fingerprint density at radius 3 is 2.79 bits per heavy atom. The average molecular weight is 198 g/mol. The second-order valence-corrected chi connectivity index (χ2v) is 2.54. The Kier molecular flexibility index (Phi) is 3.45. The minimum atomic E-state index is -0.604. The number of carbonyl (C=O) groups is 1. The van der Waals surface area contributed by atoms with Gasteiger partial charge >= 0.3 is 5.97 Å². The molecular formula is C10H11FO3. The minimum Gasteiger partial charge on any atom is -0.490 e. The van der Waals surface area contributed by atoms with Gasteiger partial charge in [0, 0.05) is 0 Å². The number of ether oxygens (including phenoxy) is 2. The Bertz CT molecular complexity index is 336. The van der Waals surface area contributed by atoms with Crippen molar-refractivity contribution in [3.05, 3.63) is 29.6 Å². The molecule has 0 unspecified atom stereocenters. The molecule has 0 spiro atoms. The van der Waals surface area contributed by atoms with Gasteiger partial charge in [-0.25, -0.2) is 9.18 Å². The molecule has 0 fully saturated rings. The van der Waals surface area contributed by atoms with Gasteiger partial charge in [0.05, 0.1) is 13.7 Å². The summed E-state index contributed by atoms with van der Waals surface area (Å²) in [4.78, 5) is 11.2. The number of hydrogen-bond donors (Lipinski definition) is 0. The van der Waals surface area contributed by atoms with E-state index in [4.69, 9.17) is 4.74 Å². The number of methoxy groups -OCH3 is 1. The van der Waals surface area contributed by atoms with Crippen molar-refractivity contribution in [1.29, 1.82) is 0 Å². The van der Waals surface area contributed by atoms with Crippen LogP contribution >= 0.6 is 0 Å². The van der Waals surface area contributed by atoms with E-state index in [1.54, 1.807) is 6.92 Å². The zero-order valence-corrected chi connectivity index (χ0v) is 8.04. The molecule has 0 atom stereocenters. The Morgan fingerprint density at radius 1 is 1.50 bits per heavy atom. The first-order valence-electron chi connectivity index (χ1n) is 4.20. The molecule has 0 heterocycles. The van der Waals surface area contributed by atoms with Crippen molar-refractivity contribution in [3.63, 3.8) is 0 Å². The van der Waals surface area contributed by atoms with Crippen molar-refractivity contribution in [1.82, 2.24) is 0 Å². The van der Waals surface area contributed by atoms with E-state index < -0.39 is 11.8 Å². The lowest BCUT2D eigenvalue weighted by atomic mass is 10.2. The summed E-state index contributed by atoms with van der Waals surface area (Å²) in [5.74, 6) is -1.22. The van der Waals surface area contributed by atoms with Crippen molar-refractivity contribution in [2.24, 2.45) is 0 Å². The molecule has 0 radical (unpaired) electrons. The highest BCUT2D eigenvalue weighted by Crippen LogP contribution is 2.23. The molecular weight excluding hydrogens is 187 g/mol. The SMILES string of the molecule is CCOc1c(F)cccc1C(=O)OC. The molecule has 0 saturated carbocycles. The second-order valence-electron chi connectivity index (χ2n) is 2.54. The Morgan fingerprint density at radius 2 is 2.21 bits per heavy atom. The summed E-state index contributed by atoms with van der Waals surface area (Å²) in [5, 5.41) is 0. The highest BCUT2D eigenvalue weighted by Gasteiger charge is 2.16. The van der Waals surface area contributed by atoms with Crippen LogP contribution in [0, 0.1) is 5.82 Å². The lowest BCUT2D eigenvalue weighted by Gasteiger charge is -2.08. The largest absolute Gasteiger partial charge is 0.490 e. The van der Waals surface area contributed by atoms with E-state index in [0.717, 1.165) is 0 Å². The predicted molar refractivity (Wildman–Crippen MR) is 48.9 cm³/mol. The normalized spacial score (nSPS) is 9.64. The van der Waals surface area contributed by atoms with Crippen molar-refractivity contribution < 1.29 is 18.7 Å². The molecule has 0 aromatic heterocycles. The average Bonchev–Trinajstić information content (AvgIpc) is 2.20. The van der Waals surface area contributed by atoms with Crippen LogP contribution in [0.1, 0.15) is 17.3 Å². The van der Waals surface area contributed by atoms with Crippen molar-refractivity contribution in [3.8, 4) is 5.75 Å². The van der Waals surface area contributed by atoms with Crippen LogP contribution in [0.15, 0.2) is 18.2 Å². The molecule has 3 nitrogen and oxygen atoms in total. The van der Waals surface area contributed by atoms with Crippen LogP contribution in [0.2, 0.25) is 0 Å². The van der Waals surface area contributed by atoms with Gasteiger partial charge in [-0.2, -0.15) is 0 Å². The molecule has 0 saturated heterocycles. The molecule has 1 aromatic rings. The first-order valence-corrected chi connectivity index (χ1v) is 4.20. The van der Waals surface area contributed by atoms with Crippen LogP contribution < -0.4 is 4.74 Å². The number of esters is 1. The van der Waals surface area contributed by atoms with Crippen LogP contribution in [0.3, 0.4) is 0 Å². The third-order valence-electron chi connectivity index (χ3n) is 1.66. The van der Waals surface area contributed by atoms with Gasteiger partial charge in [0.1, 0.15) is 5.56 Å². The van der Waals surface area contributed by atoms with Crippen molar-refractivity contribution in [2.45, 2.75) is 6.92 Å². The van der Waals surface area contributed by atoms with Crippen LogP contribution in [0.25, 0.3) is 0 Å². The van der Waals surface area contributed by atoms with Gasteiger partial charge in [-0.05, 0) is 19.1 Å². The molecule has 14 heavy (non-hydrogen) atoms. The van der Waals surface area contributed by atoms with Gasteiger partial charge in [-0.3, -0.25) is 0 Å². The number of hydrogen-bond acceptors (Lipinski definition) is 3. The van der Waals surface area contributed by atoms with E-state index in [-0.39, 0.29) is 11.3 Å². The van der Waals surface area contributed by atoms with E-state index in [0.29, 0.717) is 6.61 Å². The third kappa shape index (κ3) is 2.02. The first-order chi connectivity index (χ1) is 6.70. The molecule has 4 heteroatoms. The quantitative estimate of drug-likeness (QED) is 0.697. The van der Waals surface area contributed by atoms with Crippen LogP contribution in [0.4, 0.5) is 4.39 Å². The maximum atomic E-state index is 13.2. The Labute approximate surface area is 81.4 Å². The fraction of sp³-hybridized carbons (Fsp3) is 0.300. The number of rotatable bonds is 3. The number of benzene rings is 1. The number of halogens is 1. The van der Waals surface area contributed by atoms with Gasteiger partial charge in [0.15, 0.2) is 11.6 Å². The minimum absolute atomic E-state index is 0.0538. The molecule has 0 aliphatic heterocycles. The van der Waals surface area contributed by atoms with E-state index in [1.165, 1.54) is 25.3 Å². The maximum absolute atomic E-state index is 13.2. The lowest BCUT2D eigenvalue weighted by Crippen LogP contribution is -2.06. The fourth-order valence-electron chi connectivity index (χ4n) is 1.07. The van der Waals surface area contributed by atoms with E-state index >= 15 is 0 Å². The molecule has 0 aliphatic rings. The van der Waals surface area contributed by atoms with E-state index in [2.05, 4.69) is 4.74 Å². The summed E-state index contributed by atoms with van der Waals surface area (Å²) in [7, 11) is 1.24. The smallest absolute Gasteiger partial charge is 0.341 e.